The third-order valence-corrected chi connectivity index (χ3v) is 4.01. The van der Waals surface area contributed by atoms with Crippen molar-refractivity contribution in [2.45, 2.75) is 44.1 Å². The Bertz CT molecular complexity index is 525. The molecule has 0 aliphatic heterocycles. The summed E-state index contributed by atoms with van der Waals surface area (Å²) in [6.45, 7) is -0.270. The van der Waals surface area contributed by atoms with Crippen molar-refractivity contribution in [1.29, 1.82) is 0 Å². The minimum atomic E-state index is -0.440. The van der Waals surface area contributed by atoms with Gasteiger partial charge in [-0.2, -0.15) is 0 Å². The number of carbonyl (C=O) groups is 1. The maximum Gasteiger partial charge on any atom is 0.211 e. The number of nitrogens with zero attached hydrogens (tertiary/aromatic N) is 1. The highest BCUT2D eigenvalue weighted by atomic mass is 16.6. The summed E-state index contributed by atoms with van der Waals surface area (Å²) in [6, 6.07) is 5.28. The fourth-order valence-electron chi connectivity index (χ4n) is 2.84. The number of rotatable bonds is 8. The first-order chi connectivity index (χ1) is 10.6. The van der Waals surface area contributed by atoms with E-state index >= 15 is 0 Å². The van der Waals surface area contributed by atoms with E-state index in [4.69, 9.17) is 9.47 Å². The van der Waals surface area contributed by atoms with Crippen molar-refractivity contribution in [3.63, 3.8) is 0 Å². The molecule has 0 bridgehead atoms. The van der Waals surface area contributed by atoms with Gasteiger partial charge in [-0.3, -0.25) is 10.1 Å². The van der Waals surface area contributed by atoms with Crippen LogP contribution in [0.25, 0.3) is 0 Å². The molecule has 0 aromatic heterocycles. The SMILES string of the molecule is COc1ccc([C@@H](CC=O)C[N+](=O)[O-])cc1OC1CCCC1. The topological polar surface area (TPSA) is 78.7 Å². The Morgan fingerprint density at radius 3 is 2.68 bits per heavy atom. The fourth-order valence-corrected chi connectivity index (χ4v) is 2.84. The molecule has 1 aromatic carbocycles. The number of hydrogen-bond acceptors (Lipinski definition) is 5. The predicted molar refractivity (Wildman–Crippen MR) is 81.2 cm³/mol. The first-order valence-corrected chi connectivity index (χ1v) is 7.54. The normalized spacial score (nSPS) is 16.2. The van der Waals surface area contributed by atoms with Crippen LogP contribution in [-0.2, 0) is 4.79 Å². The van der Waals surface area contributed by atoms with Gasteiger partial charge in [0.2, 0.25) is 6.54 Å². The van der Waals surface area contributed by atoms with Crippen LogP contribution >= 0.6 is 0 Å². The molecule has 0 spiro atoms. The molecule has 2 rings (SSSR count). The Morgan fingerprint density at radius 2 is 2.09 bits per heavy atom. The second-order valence-corrected chi connectivity index (χ2v) is 5.55. The van der Waals surface area contributed by atoms with E-state index in [0.717, 1.165) is 37.5 Å². The molecule has 1 aliphatic rings. The van der Waals surface area contributed by atoms with Crippen LogP contribution in [0, 0.1) is 10.1 Å². The quantitative estimate of drug-likeness (QED) is 0.419. The highest BCUT2D eigenvalue weighted by Gasteiger charge is 2.22. The van der Waals surface area contributed by atoms with Crippen LogP contribution in [0.15, 0.2) is 18.2 Å². The lowest BCUT2D eigenvalue weighted by Gasteiger charge is -2.18. The number of methoxy groups -OCH3 is 1. The summed E-state index contributed by atoms with van der Waals surface area (Å²) in [5, 5.41) is 10.8. The maximum atomic E-state index is 10.8. The van der Waals surface area contributed by atoms with E-state index in [0.29, 0.717) is 11.5 Å². The van der Waals surface area contributed by atoms with Crippen LogP contribution in [0.3, 0.4) is 0 Å². The number of benzene rings is 1. The first-order valence-electron chi connectivity index (χ1n) is 7.54. The Morgan fingerprint density at radius 1 is 1.36 bits per heavy atom. The molecule has 120 valence electrons. The zero-order valence-corrected chi connectivity index (χ0v) is 12.7. The van der Waals surface area contributed by atoms with Crippen LogP contribution in [0.2, 0.25) is 0 Å². The van der Waals surface area contributed by atoms with Gasteiger partial charge in [-0.1, -0.05) is 6.07 Å². The second kappa shape index (κ2) is 7.77. The Balaban J connectivity index is 2.23. The molecule has 1 aromatic rings. The van der Waals surface area contributed by atoms with Gasteiger partial charge in [0.05, 0.1) is 19.1 Å². The van der Waals surface area contributed by atoms with Crippen molar-refractivity contribution in [1.82, 2.24) is 0 Å². The van der Waals surface area contributed by atoms with Crippen molar-refractivity contribution in [2.75, 3.05) is 13.7 Å². The standard InChI is InChI=1S/C16H21NO5/c1-21-15-7-6-12(13(8-9-18)11-17(19)20)10-16(15)22-14-4-2-3-5-14/h6-7,9-10,13-14H,2-5,8,11H2,1H3/t13-/m0/s1. The van der Waals surface area contributed by atoms with E-state index in [2.05, 4.69) is 0 Å². The summed E-state index contributed by atoms with van der Waals surface area (Å²) < 4.78 is 11.3. The van der Waals surface area contributed by atoms with E-state index in [1.54, 1.807) is 25.3 Å². The molecule has 6 nitrogen and oxygen atoms in total. The summed E-state index contributed by atoms with van der Waals surface area (Å²) in [6.07, 6.45) is 5.35. The van der Waals surface area contributed by atoms with Gasteiger partial charge in [-0.25, -0.2) is 0 Å². The van der Waals surface area contributed by atoms with Crippen LogP contribution < -0.4 is 9.47 Å². The summed E-state index contributed by atoms with van der Waals surface area (Å²) >= 11 is 0. The molecule has 1 atom stereocenters. The highest BCUT2D eigenvalue weighted by Crippen LogP contribution is 2.34. The number of aldehydes is 1. The van der Waals surface area contributed by atoms with Crippen LogP contribution in [0.4, 0.5) is 0 Å². The van der Waals surface area contributed by atoms with Crippen molar-refractivity contribution in [2.24, 2.45) is 0 Å². The highest BCUT2D eigenvalue weighted by molar-refractivity contribution is 5.53. The van der Waals surface area contributed by atoms with E-state index in [9.17, 15) is 14.9 Å². The van der Waals surface area contributed by atoms with Gasteiger partial charge in [-0.05, 0) is 43.4 Å². The average Bonchev–Trinajstić information content (AvgIpc) is 2.99. The number of nitro groups is 1. The maximum absolute atomic E-state index is 10.8. The zero-order chi connectivity index (χ0) is 15.9. The minimum Gasteiger partial charge on any atom is -0.493 e. The van der Waals surface area contributed by atoms with E-state index in [1.807, 2.05) is 0 Å². The molecule has 0 saturated heterocycles. The monoisotopic (exact) mass is 307 g/mol. The van der Waals surface area contributed by atoms with Crippen LogP contribution in [-0.4, -0.2) is 31.0 Å². The van der Waals surface area contributed by atoms with Gasteiger partial charge in [-0.15, -0.1) is 0 Å². The van der Waals surface area contributed by atoms with Crippen LogP contribution in [0.5, 0.6) is 11.5 Å². The molecule has 22 heavy (non-hydrogen) atoms. The number of carbonyl (C=O) groups excluding carboxylic acids is 1. The molecular formula is C16H21NO5. The Labute approximate surface area is 129 Å². The lowest BCUT2D eigenvalue weighted by atomic mass is 9.96. The van der Waals surface area contributed by atoms with Gasteiger partial charge in [0.1, 0.15) is 6.29 Å². The number of hydrogen-bond donors (Lipinski definition) is 0. The van der Waals surface area contributed by atoms with E-state index in [-0.39, 0.29) is 19.1 Å². The summed E-state index contributed by atoms with van der Waals surface area (Å²) in [7, 11) is 1.57. The largest absolute Gasteiger partial charge is 0.493 e. The van der Waals surface area contributed by atoms with Gasteiger partial charge in [0.25, 0.3) is 0 Å². The molecule has 0 heterocycles. The smallest absolute Gasteiger partial charge is 0.211 e. The molecular weight excluding hydrogens is 286 g/mol. The lowest BCUT2D eigenvalue weighted by Crippen LogP contribution is -2.15. The van der Waals surface area contributed by atoms with Crippen molar-refractivity contribution in [3.8, 4) is 11.5 Å². The molecule has 1 aliphatic carbocycles. The Kier molecular flexibility index (Phi) is 5.75. The molecule has 0 radical (unpaired) electrons. The van der Waals surface area contributed by atoms with Crippen molar-refractivity contribution < 1.29 is 19.2 Å². The van der Waals surface area contributed by atoms with Gasteiger partial charge < -0.3 is 14.3 Å². The van der Waals surface area contributed by atoms with E-state index < -0.39 is 10.8 Å². The average molecular weight is 307 g/mol. The van der Waals surface area contributed by atoms with Crippen molar-refractivity contribution >= 4 is 6.29 Å². The molecule has 0 unspecified atom stereocenters. The molecule has 1 saturated carbocycles. The molecule has 0 amide bonds. The minimum absolute atomic E-state index is 0.121. The molecule has 0 N–H and O–H groups in total. The Hall–Kier alpha value is -2.11. The van der Waals surface area contributed by atoms with Gasteiger partial charge in [0, 0.05) is 11.3 Å². The zero-order valence-electron chi connectivity index (χ0n) is 12.7. The molecule has 6 heteroatoms. The fraction of sp³-hybridized carbons (Fsp3) is 0.562. The number of ether oxygens (including phenoxy) is 2. The third kappa shape index (κ3) is 4.19. The van der Waals surface area contributed by atoms with Crippen LogP contribution in [0.1, 0.15) is 43.6 Å². The first kappa shape index (κ1) is 16.3. The van der Waals surface area contributed by atoms with E-state index in [1.165, 1.54) is 0 Å². The lowest BCUT2D eigenvalue weighted by molar-refractivity contribution is -0.483. The van der Waals surface area contributed by atoms with Crippen molar-refractivity contribution in [3.05, 3.63) is 33.9 Å². The van der Waals surface area contributed by atoms with Gasteiger partial charge >= 0.3 is 0 Å². The predicted octanol–water partition coefficient (Wildman–Crippen LogP) is 2.97. The summed E-state index contributed by atoms with van der Waals surface area (Å²) in [5.74, 6) is 0.775. The molecule has 1 fully saturated rings. The third-order valence-electron chi connectivity index (χ3n) is 4.01. The van der Waals surface area contributed by atoms with Gasteiger partial charge in [0.15, 0.2) is 11.5 Å². The summed E-state index contributed by atoms with van der Waals surface area (Å²) in [4.78, 5) is 21.2. The summed E-state index contributed by atoms with van der Waals surface area (Å²) in [5.41, 5.74) is 0.734. The second-order valence-electron chi connectivity index (χ2n) is 5.55.